The fourth-order valence-electron chi connectivity index (χ4n) is 2.37. The largest absolute Gasteiger partial charge is 0.493 e. The minimum Gasteiger partial charge on any atom is -0.493 e. The summed E-state index contributed by atoms with van der Waals surface area (Å²) in [6.45, 7) is 3.61. The number of hydrogen-bond acceptors (Lipinski definition) is 3. The van der Waals surface area contributed by atoms with E-state index in [1.165, 1.54) is 24.0 Å². The molecule has 0 saturated carbocycles. The number of benzene rings is 1. The first-order valence-electron chi connectivity index (χ1n) is 6.95. The van der Waals surface area contributed by atoms with E-state index in [0.29, 0.717) is 0 Å². The molecule has 4 heteroatoms. The number of halogens is 1. The van der Waals surface area contributed by atoms with E-state index in [4.69, 9.17) is 9.47 Å². The Labute approximate surface area is 123 Å². The molecule has 0 saturated heterocycles. The van der Waals surface area contributed by atoms with Crippen molar-refractivity contribution in [3.05, 3.63) is 27.7 Å². The van der Waals surface area contributed by atoms with Crippen molar-refractivity contribution in [1.29, 1.82) is 0 Å². The van der Waals surface area contributed by atoms with Crippen LogP contribution in [0.4, 0.5) is 0 Å². The molecule has 3 nitrogen and oxygen atoms in total. The Bertz CT molecular complexity index is 409. The van der Waals surface area contributed by atoms with E-state index < -0.39 is 0 Å². The zero-order chi connectivity index (χ0) is 13.5. The van der Waals surface area contributed by atoms with E-state index in [9.17, 15) is 0 Å². The molecule has 0 amide bonds. The molecule has 0 bridgehead atoms. The molecule has 0 atom stereocenters. The van der Waals surface area contributed by atoms with Crippen molar-refractivity contribution in [2.45, 2.75) is 32.2 Å². The molecule has 106 valence electrons. The van der Waals surface area contributed by atoms with E-state index >= 15 is 0 Å². The molecular weight excluding hydrogens is 306 g/mol. The summed E-state index contributed by atoms with van der Waals surface area (Å²) in [6, 6.07) is 4.32. The van der Waals surface area contributed by atoms with Gasteiger partial charge >= 0.3 is 0 Å². The van der Waals surface area contributed by atoms with Gasteiger partial charge in [0.1, 0.15) is 5.75 Å². The third-order valence-electron chi connectivity index (χ3n) is 3.34. The molecule has 0 radical (unpaired) electrons. The van der Waals surface area contributed by atoms with Crippen molar-refractivity contribution in [1.82, 2.24) is 5.32 Å². The molecule has 19 heavy (non-hydrogen) atoms. The SMILES string of the molecule is COCCCCCNCc1cc(Br)cc2c1OCC2. The Morgan fingerprint density at radius 1 is 1.32 bits per heavy atom. The quantitative estimate of drug-likeness (QED) is 0.743. The number of unbranched alkanes of at least 4 members (excludes halogenated alkanes) is 2. The van der Waals surface area contributed by atoms with Gasteiger partial charge in [0.15, 0.2) is 0 Å². The van der Waals surface area contributed by atoms with Gasteiger partial charge in [-0.1, -0.05) is 15.9 Å². The van der Waals surface area contributed by atoms with E-state index in [2.05, 4.69) is 33.4 Å². The Hall–Kier alpha value is -0.580. The minimum atomic E-state index is 0.815. The average molecular weight is 328 g/mol. The van der Waals surface area contributed by atoms with E-state index in [0.717, 1.165) is 49.4 Å². The first kappa shape index (κ1) is 14.8. The molecule has 1 aromatic rings. The maximum absolute atomic E-state index is 5.72. The summed E-state index contributed by atoms with van der Waals surface area (Å²) < 4.78 is 11.9. The standard InChI is InChI=1S/C15H22BrNO2/c1-18-7-4-2-3-6-17-11-13-10-14(16)9-12-5-8-19-15(12)13/h9-10,17H,2-8,11H2,1H3. The highest BCUT2D eigenvalue weighted by molar-refractivity contribution is 9.10. The molecule has 1 aliphatic heterocycles. The number of methoxy groups -OCH3 is 1. The molecule has 0 spiro atoms. The summed E-state index contributed by atoms with van der Waals surface area (Å²) in [5.74, 6) is 1.09. The molecule has 1 heterocycles. The van der Waals surface area contributed by atoms with E-state index in [-0.39, 0.29) is 0 Å². The fourth-order valence-corrected chi connectivity index (χ4v) is 2.93. The predicted molar refractivity (Wildman–Crippen MR) is 80.8 cm³/mol. The van der Waals surface area contributed by atoms with Crippen LogP contribution in [0.15, 0.2) is 16.6 Å². The Balaban J connectivity index is 1.74. The number of rotatable bonds is 8. The van der Waals surface area contributed by atoms with Crippen molar-refractivity contribution in [3.8, 4) is 5.75 Å². The Morgan fingerprint density at radius 3 is 3.05 bits per heavy atom. The van der Waals surface area contributed by atoms with Gasteiger partial charge in [0.2, 0.25) is 0 Å². The van der Waals surface area contributed by atoms with Crippen molar-refractivity contribution >= 4 is 15.9 Å². The molecule has 1 aromatic carbocycles. The second kappa shape index (κ2) is 7.88. The van der Waals surface area contributed by atoms with Crippen LogP contribution in [0.1, 0.15) is 30.4 Å². The van der Waals surface area contributed by atoms with Crippen molar-refractivity contribution in [2.75, 3.05) is 26.9 Å². The van der Waals surface area contributed by atoms with Crippen LogP contribution in [0.25, 0.3) is 0 Å². The summed E-state index contributed by atoms with van der Waals surface area (Å²) in [6.07, 6.45) is 4.58. The smallest absolute Gasteiger partial charge is 0.127 e. The van der Waals surface area contributed by atoms with Gasteiger partial charge in [0.25, 0.3) is 0 Å². The number of ether oxygens (including phenoxy) is 2. The lowest BCUT2D eigenvalue weighted by atomic mass is 10.1. The van der Waals surface area contributed by atoms with Crippen LogP contribution < -0.4 is 10.1 Å². The van der Waals surface area contributed by atoms with Crippen LogP contribution >= 0.6 is 15.9 Å². The predicted octanol–water partition coefficient (Wildman–Crippen LogP) is 3.29. The van der Waals surface area contributed by atoms with Crippen LogP contribution in [-0.2, 0) is 17.7 Å². The van der Waals surface area contributed by atoms with Crippen molar-refractivity contribution in [3.63, 3.8) is 0 Å². The summed E-state index contributed by atoms with van der Waals surface area (Å²) in [5.41, 5.74) is 2.59. The first-order valence-corrected chi connectivity index (χ1v) is 7.74. The van der Waals surface area contributed by atoms with Gasteiger partial charge in [-0.15, -0.1) is 0 Å². The van der Waals surface area contributed by atoms with Crippen molar-refractivity contribution < 1.29 is 9.47 Å². The highest BCUT2D eigenvalue weighted by atomic mass is 79.9. The van der Waals surface area contributed by atoms with Gasteiger partial charge in [-0.2, -0.15) is 0 Å². The topological polar surface area (TPSA) is 30.5 Å². The zero-order valence-electron chi connectivity index (χ0n) is 11.5. The van der Waals surface area contributed by atoms with Crippen LogP contribution in [-0.4, -0.2) is 26.9 Å². The molecule has 2 rings (SSSR count). The third kappa shape index (κ3) is 4.48. The molecule has 1 aliphatic rings. The van der Waals surface area contributed by atoms with Crippen LogP contribution in [0.2, 0.25) is 0 Å². The van der Waals surface area contributed by atoms with E-state index in [1.807, 2.05) is 0 Å². The summed E-state index contributed by atoms with van der Waals surface area (Å²) in [7, 11) is 1.76. The lowest BCUT2D eigenvalue weighted by Crippen LogP contribution is -2.15. The lowest BCUT2D eigenvalue weighted by Gasteiger charge is -2.10. The highest BCUT2D eigenvalue weighted by Gasteiger charge is 2.16. The molecule has 0 fully saturated rings. The van der Waals surface area contributed by atoms with Gasteiger partial charge in [-0.3, -0.25) is 0 Å². The van der Waals surface area contributed by atoms with Gasteiger partial charge in [-0.05, 0) is 43.5 Å². The Morgan fingerprint density at radius 2 is 2.21 bits per heavy atom. The van der Waals surface area contributed by atoms with Crippen LogP contribution in [0.5, 0.6) is 5.75 Å². The van der Waals surface area contributed by atoms with Crippen molar-refractivity contribution in [2.24, 2.45) is 0 Å². The molecule has 0 unspecified atom stereocenters. The van der Waals surface area contributed by atoms with Gasteiger partial charge in [-0.25, -0.2) is 0 Å². The second-order valence-corrected chi connectivity index (χ2v) is 5.80. The number of hydrogen-bond donors (Lipinski definition) is 1. The molecule has 1 N–H and O–H groups in total. The van der Waals surface area contributed by atoms with Gasteiger partial charge in [0.05, 0.1) is 6.61 Å². The maximum Gasteiger partial charge on any atom is 0.127 e. The average Bonchev–Trinajstić information content (AvgIpc) is 2.85. The summed E-state index contributed by atoms with van der Waals surface area (Å²) in [4.78, 5) is 0. The van der Waals surface area contributed by atoms with Crippen LogP contribution in [0.3, 0.4) is 0 Å². The van der Waals surface area contributed by atoms with Gasteiger partial charge in [0, 0.05) is 36.7 Å². The molecule has 0 aromatic heterocycles. The third-order valence-corrected chi connectivity index (χ3v) is 3.80. The maximum atomic E-state index is 5.72. The summed E-state index contributed by atoms with van der Waals surface area (Å²) >= 11 is 3.57. The highest BCUT2D eigenvalue weighted by Crippen LogP contribution is 2.32. The number of nitrogens with one attached hydrogen (secondary N) is 1. The van der Waals surface area contributed by atoms with Crippen LogP contribution in [0, 0.1) is 0 Å². The first-order chi connectivity index (χ1) is 9.31. The molecular formula is C15H22BrNO2. The Kier molecular flexibility index (Phi) is 6.14. The zero-order valence-corrected chi connectivity index (χ0v) is 13.1. The van der Waals surface area contributed by atoms with E-state index in [1.54, 1.807) is 7.11 Å². The normalized spacial score (nSPS) is 13.4. The lowest BCUT2D eigenvalue weighted by molar-refractivity contribution is 0.192. The minimum absolute atomic E-state index is 0.815. The summed E-state index contributed by atoms with van der Waals surface area (Å²) in [5, 5.41) is 3.49. The molecule has 0 aliphatic carbocycles. The number of fused-ring (bicyclic) bond motifs is 1. The monoisotopic (exact) mass is 327 g/mol. The van der Waals surface area contributed by atoms with Gasteiger partial charge < -0.3 is 14.8 Å². The second-order valence-electron chi connectivity index (χ2n) is 4.88. The fraction of sp³-hybridized carbons (Fsp3) is 0.600.